The Morgan fingerprint density at radius 1 is 0.538 bits per heavy atom. The maximum atomic E-state index is 3.92. The van der Waals surface area contributed by atoms with E-state index in [-0.39, 0.29) is 0 Å². The molecule has 26 heavy (non-hydrogen) atoms. The summed E-state index contributed by atoms with van der Waals surface area (Å²) in [5.74, 6) is 0.974. The molecule has 0 aliphatic heterocycles. The van der Waals surface area contributed by atoms with Crippen molar-refractivity contribution in [2.75, 3.05) is 0 Å². The maximum absolute atomic E-state index is 3.92. The summed E-state index contributed by atoms with van der Waals surface area (Å²) in [5.41, 5.74) is 0. The van der Waals surface area contributed by atoms with Crippen LogP contribution in [0.5, 0.6) is 0 Å². The van der Waals surface area contributed by atoms with Gasteiger partial charge in [0.2, 0.25) is 0 Å². The number of hydrogen-bond acceptors (Lipinski definition) is 0. The van der Waals surface area contributed by atoms with Gasteiger partial charge in [-0.2, -0.15) is 0 Å². The second kappa shape index (κ2) is 22.8. The van der Waals surface area contributed by atoms with E-state index in [4.69, 9.17) is 0 Å². The highest BCUT2D eigenvalue weighted by Crippen LogP contribution is 2.23. The Labute approximate surface area is 167 Å². The molecule has 0 aromatic carbocycles. The zero-order valence-corrected chi connectivity index (χ0v) is 18.3. The Balaban J connectivity index is 3.61. The van der Waals surface area contributed by atoms with Crippen LogP contribution in [0, 0.1) is 19.8 Å². The molecule has 0 rings (SSSR count). The summed E-state index contributed by atoms with van der Waals surface area (Å²) in [5, 5.41) is 0. The minimum atomic E-state index is 0.974. The molecule has 2 radical (unpaired) electrons. The van der Waals surface area contributed by atoms with Crippen molar-refractivity contribution >= 4 is 0 Å². The molecule has 0 aromatic rings. The van der Waals surface area contributed by atoms with Gasteiger partial charge in [-0.05, 0) is 31.6 Å². The summed E-state index contributed by atoms with van der Waals surface area (Å²) in [7, 11) is 0. The van der Waals surface area contributed by atoms with Crippen molar-refractivity contribution in [2.24, 2.45) is 5.92 Å². The van der Waals surface area contributed by atoms with Crippen molar-refractivity contribution in [1.82, 2.24) is 0 Å². The van der Waals surface area contributed by atoms with E-state index in [9.17, 15) is 0 Å². The molecule has 0 saturated carbocycles. The summed E-state index contributed by atoms with van der Waals surface area (Å²) in [6.45, 7) is 10.2. The Bertz CT molecular complexity index is 265. The lowest BCUT2D eigenvalue weighted by Gasteiger charge is -2.15. The first-order valence-corrected chi connectivity index (χ1v) is 12.1. The minimum Gasteiger partial charge on any atom is -0.0885 e. The standard InChI is InChI=1S/C26H50/c1-4-7-10-12-14-15-16-18-20-22-25-26(23-9-6-3)24-21-19-17-13-11-8-5-2/h17,19,26H,1-2,4-16,18,20-25H2,3H3. The van der Waals surface area contributed by atoms with E-state index in [1.807, 2.05) is 0 Å². The lowest BCUT2D eigenvalue weighted by Crippen LogP contribution is -2.00. The Morgan fingerprint density at radius 3 is 1.65 bits per heavy atom. The van der Waals surface area contributed by atoms with Crippen LogP contribution in [0.2, 0.25) is 0 Å². The number of hydrogen-bond donors (Lipinski definition) is 0. The van der Waals surface area contributed by atoms with E-state index in [0.29, 0.717) is 0 Å². The monoisotopic (exact) mass is 362 g/mol. The molecule has 0 saturated heterocycles. The van der Waals surface area contributed by atoms with Gasteiger partial charge in [-0.1, -0.05) is 136 Å². The third-order valence-electron chi connectivity index (χ3n) is 5.61. The average molecular weight is 363 g/mol. The van der Waals surface area contributed by atoms with Gasteiger partial charge in [0.25, 0.3) is 0 Å². The molecule has 0 heterocycles. The summed E-state index contributed by atoms with van der Waals surface area (Å²) >= 11 is 0. The smallest absolute Gasteiger partial charge is 0.0348 e. The highest BCUT2D eigenvalue weighted by atomic mass is 14.1. The zero-order chi connectivity index (χ0) is 19.1. The van der Waals surface area contributed by atoms with Gasteiger partial charge in [0, 0.05) is 0 Å². The lowest BCUT2D eigenvalue weighted by molar-refractivity contribution is 0.388. The van der Waals surface area contributed by atoms with E-state index in [1.54, 1.807) is 0 Å². The third-order valence-corrected chi connectivity index (χ3v) is 5.61. The minimum absolute atomic E-state index is 0.974. The van der Waals surface area contributed by atoms with Crippen molar-refractivity contribution in [1.29, 1.82) is 0 Å². The van der Waals surface area contributed by atoms with Crippen LogP contribution in [0.4, 0.5) is 0 Å². The second-order valence-corrected chi connectivity index (χ2v) is 8.23. The van der Waals surface area contributed by atoms with Gasteiger partial charge in [0.1, 0.15) is 0 Å². The van der Waals surface area contributed by atoms with Crippen LogP contribution in [0.15, 0.2) is 12.2 Å². The van der Waals surface area contributed by atoms with E-state index < -0.39 is 0 Å². The highest BCUT2D eigenvalue weighted by molar-refractivity contribution is 4.82. The van der Waals surface area contributed by atoms with Gasteiger partial charge < -0.3 is 0 Å². The van der Waals surface area contributed by atoms with Crippen LogP contribution >= 0.6 is 0 Å². The molecule has 0 aliphatic carbocycles. The number of unbranched alkanes of at least 4 members (excludes halogenated alkanes) is 13. The van der Waals surface area contributed by atoms with Crippen molar-refractivity contribution in [3.8, 4) is 0 Å². The molecule has 0 spiro atoms. The zero-order valence-electron chi connectivity index (χ0n) is 18.3. The van der Waals surface area contributed by atoms with Gasteiger partial charge in [-0.3, -0.25) is 0 Å². The fraction of sp³-hybridized carbons (Fsp3) is 0.846. The van der Waals surface area contributed by atoms with Gasteiger partial charge in [-0.25, -0.2) is 0 Å². The maximum Gasteiger partial charge on any atom is -0.0348 e. The van der Waals surface area contributed by atoms with E-state index in [2.05, 4.69) is 32.9 Å². The van der Waals surface area contributed by atoms with E-state index in [0.717, 1.165) is 18.8 Å². The third kappa shape index (κ3) is 20.1. The van der Waals surface area contributed by atoms with Gasteiger partial charge in [0.05, 0.1) is 0 Å². The summed E-state index contributed by atoms with van der Waals surface area (Å²) < 4.78 is 0. The van der Waals surface area contributed by atoms with Crippen molar-refractivity contribution in [2.45, 2.75) is 135 Å². The van der Waals surface area contributed by atoms with E-state index in [1.165, 1.54) is 116 Å². The largest absolute Gasteiger partial charge is 0.0885 e. The summed E-state index contributed by atoms with van der Waals surface area (Å²) in [6, 6.07) is 0. The summed E-state index contributed by atoms with van der Waals surface area (Å²) in [6.07, 6.45) is 32.2. The molecule has 0 fully saturated rings. The normalized spacial score (nSPS) is 12.9. The fourth-order valence-corrected chi connectivity index (χ4v) is 3.78. The van der Waals surface area contributed by atoms with Gasteiger partial charge in [-0.15, -0.1) is 0 Å². The second-order valence-electron chi connectivity index (χ2n) is 8.23. The molecule has 0 aliphatic rings. The molecule has 1 unspecified atom stereocenters. The van der Waals surface area contributed by atoms with Crippen LogP contribution in [-0.4, -0.2) is 0 Å². The van der Waals surface area contributed by atoms with Crippen LogP contribution in [0.25, 0.3) is 0 Å². The molecule has 0 amide bonds. The van der Waals surface area contributed by atoms with Crippen molar-refractivity contribution in [3.05, 3.63) is 26.0 Å². The van der Waals surface area contributed by atoms with Gasteiger partial charge >= 0.3 is 0 Å². The lowest BCUT2D eigenvalue weighted by atomic mass is 9.91. The molecule has 0 N–H and O–H groups in total. The molecule has 0 bridgehead atoms. The fourth-order valence-electron chi connectivity index (χ4n) is 3.78. The van der Waals surface area contributed by atoms with Crippen LogP contribution < -0.4 is 0 Å². The predicted octanol–water partition coefficient (Wildman–Crippen LogP) is 9.65. The average Bonchev–Trinajstić information content (AvgIpc) is 2.66. The first kappa shape index (κ1) is 25.7. The Kier molecular flexibility index (Phi) is 22.6. The van der Waals surface area contributed by atoms with Crippen molar-refractivity contribution < 1.29 is 0 Å². The van der Waals surface area contributed by atoms with Gasteiger partial charge in [0.15, 0.2) is 0 Å². The van der Waals surface area contributed by atoms with Crippen molar-refractivity contribution in [3.63, 3.8) is 0 Å². The molecule has 0 nitrogen and oxygen atoms in total. The number of allylic oxidation sites excluding steroid dienone is 2. The molecule has 1 atom stereocenters. The molecule has 154 valence electrons. The highest BCUT2D eigenvalue weighted by Gasteiger charge is 2.07. The van der Waals surface area contributed by atoms with E-state index >= 15 is 0 Å². The summed E-state index contributed by atoms with van der Waals surface area (Å²) in [4.78, 5) is 0. The van der Waals surface area contributed by atoms with Crippen LogP contribution in [-0.2, 0) is 0 Å². The first-order valence-electron chi connectivity index (χ1n) is 12.1. The van der Waals surface area contributed by atoms with Crippen LogP contribution in [0.3, 0.4) is 0 Å². The quantitative estimate of drug-likeness (QED) is 0.141. The molecular formula is C26H50. The Hall–Kier alpha value is -0.260. The molecule has 0 heteroatoms. The first-order chi connectivity index (χ1) is 12.8. The van der Waals surface area contributed by atoms with Crippen LogP contribution in [0.1, 0.15) is 135 Å². The molecular weight excluding hydrogens is 312 g/mol. The number of rotatable bonds is 21. The SMILES string of the molecule is [CH2]CCCCC=CCCC(CCCC)CCCCCCCCCCC[CH2]. The Morgan fingerprint density at radius 2 is 1.04 bits per heavy atom. The predicted molar refractivity (Wildman–Crippen MR) is 121 cm³/mol. The topological polar surface area (TPSA) is 0 Å². The molecule has 0 aromatic heterocycles.